The standard InChI is InChI=1S/C19H28O4S/c1-18-9-7-13(24(21,22)23)11-12(18)3-4-14-15-5-6-17(20)19(15,2)10-8-16(14)18/h3,13-16H,4-11H2,1-2H3,(H,21,22,23)/t13?,14-,15-,16-,18-,19-/m0/s1. The lowest BCUT2D eigenvalue weighted by Gasteiger charge is -2.56. The fraction of sp³-hybridized carbons (Fsp3) is 0.842. The van der Waals surface area contributed by atoms with E-state index in [1.54, 1.807) is 0 Å². The zero-order valence-electron chi connectivity index (χ0n) is 14.6. The summed E-state index contributed by atoms with van der Waals surface area (Å²) in [5, 5.41) is -0.629. The lowest BCUT2D eigenvalue weighted by molar-refractivity contribution is -0.131. The fourth-order valence-electron chi connectivity index (χ4n) is 6.65. The van der Waals surface area contributed by atoms with Crippen LogP contribution in [0.5, 0.6) is 0 Å². The average Bonchev–Trinajstić information content (AvgIpc) is 2.81. The van der Waals surface area contributed by atoms with E-state index in [0.29, 0.717) is 36.4 Å². The minimum Gasteiger partial charge on any atom is -0.299 e. The maximum atomic E-state index is 12.4. The second-order valence-electron chi connectivity index (χ2n) is 9.06. The molecule has 4 rings (SSSR count). The van der Waals surface area contributed by atoms with Crippen LogP contribution in [0.1, 0.15) is 65.2 Å². The van der Waals surface area contributed by atoms with Crippen LogP contribution in [0.15, 0.2) is 11.6 Å². The van der Waals surface area contributed by atoms with Gasteiger partial charge in [0.1, 0.15) is 5.78 Å². The highest BCUT2D eigenvalue weighted by Gasteiger charge is 2.58. The van der Waals surface area contributed by atoms with Crippen molar-refractivity contribution in [3.63, 3.8) is 0 Å². The summed E-state index contributed by atoms with van der Waals surface area (Å²) in [6.07, 6.45) is 8.94. The summed E-state index contributed by atoms with van der Waals surface area (Å²) in [6.45, 7) is 4.48. The van der Waals surface area contributed by atoms with Gasteiger partial charge in [0, 0.05) is 11.8 Å². The molecule has 6 atom stereocenters. The Bertz CT molecular complexity index is 709. The molecule has 24 heavy (non-hydrogen) atoms. The molecule has 134 valence electrons. The van der Waals surface area contributed by atoms with Crippen LogP contribution in [-0.2, 0) is 14.9 Å². The summed E-state index contributed by atoms with van der Waals surface area (Å²) >= 11 is 0. The molecule has 0 heterocycles. The van der Waals surface area contributed by atoms with Crippen molar-refractivity contribution in [1.82, 2.24) is 0 Å². The van der Waals surface area contributed by atoms with Gasteiger partial charge in [-0.1, -0.05) is 25.5 Å². The number of ketones is 1. The number of carbonyl (C=O) groups is 1. The lowest BCUT2D eigenvalue weighted by atomic mass is 9.48. The maximum absolute atomic E-state index is 12.4. The number of hydrogen-bond donors (Lipinski definition) is 1. The first-order valence-electron chi connectivity index (χ1n) is 9.35. The van der Waals surface area contributed by atoms with Crippen molar-refractivity contribution < 1.29 is 17.8 Å². The normalized spacial score (nSPS) is 48.3. The molecular weight excluding hydrogens is 324 g/mol. The predicted octanol–water partition coefficient (Wildman–Crippen LogP) is 3.77. The van der Waals surface area contributed by atoms with Crippen LogP contribution in [0.2, 0.25) is 0 Å². The molecule has 0 spiro atoms. The molecule has 5 heteroatoms. The first-order valence-corrected chi connectivity index (χ1v) is 10.9. The molecule has 1 unspecified atom stereocenters. The summed E-state index contributed by atoms with van der Waals surface area (Å²) in [6, 6.07) is 0. The molecule has 4 nitrogen and oxygen atoms in total. The van der Waals surface area contributed by atoms with Crippen molar-refractivity contribution in [2.24, 2.45) is 28.6 Å². The van der Waals surface area contributed by atoms with Gasteiger partial charge in [-0.2, -0.15) is 8.42 Å². The number of hydrogen-bond acceptors (Lipinski definition) is 3. The van der Waals surface area contributed by atoms with E-state index in [2.05, 4.69) is 19.9 Å². The van der Waals surface area contributed by atoms with Crippen LogP contribution in [0.25, 0.3) is 0 Å². The van der Waals surface area contributed by atoms with Gasteiger partial charge < -0.3 is 0 Å². The SMILES string of the molecule is C[C@]12CCC(S(=O)(=O)O)CC1=CC[C@@H]1[C@@H]2CC[C@]2(C)C(=O)CC[C@@H]12. The molecule has 4 aliphatic carbocycles. The molecule has 3 fully saturated rings. The second-order valence-corrected chi connectivity index (χ2v) is 10.8. The molecule has 0 saturated heterocycles. The summed E-state index contributed by atoms with van der Waals surface area (Å²) in [5.41, 5.74) is 1.18. The molecule has 0 aromatic rings. The van der Waals surface area contributed by atoms with Crippen LogP contribution in [0, 0.1) is 28.6 Å². The van der Waals surface area contributed by atoms with E-state index in [-0.39, 0.29) is 10.8 Å². The summed E-state index contributed by atoms with van der Waals surface area (Å²) in [4.78, 5) is 12.4. The zero-order chi connectivity index (χ0) is 17.3. The van der Waals surface area contributed by atoms with Gasteiger partial charge in [-0.25, -0.2) is 0 Å². The van der Waals surface area contributed by atoms with E-state index < -0.39 is 15.4 Å². The summed E-state index contributed by atoms with van der Waals surface area (Å²) in [5.74, 6) is 2.08. The summed E-state index contributed by atoms with van der Waals surface area (Å²) < 4.78 is 32.6. The monoisotopic (exact) mass is 352 g/mol. The number of fused-ring (bicyclic) bond motifs is 5. The third kappa shape index (κ3) is 2.20. The second kappa shape index (κ2) is 5.16. The van der Waals surface area contributed by atoms with Gasteiger partial charge in [0.25, 0.3) is 10.1 Å². The van der Waals surface area contributed by atoms with E-state index in [1.165, 1.54) is 5.57 Å². The lowest BCUT2D eigenvalue weighted by Crippen LogP contribution is -2.50. The Labute approximate surface area is 144 Å². The van der Waals surface area contributed by atoms with Crippen molar-refractivity contribution in [1.29, 1.82) is 0 Å². The van der Waals surface area contributed by atoms with Crippen molar-refractivity contribution in [2.75, 3.05) is 0 Å². The van der Waals surface area contributed by atoms with E-state index >= 15 is 0 Å². The van der Waals surface area contributed by atoms with Crippen molar-refractivity contribution in [2.45, 2.75) is 70.5 Å². The van der Waals surface area contributed by atoms with Crippen LogP contribution < -0.4 is 0 Å². The Morgan fingerprint density at radius 2 is 1.75 bits per heavy atom. The first kappa shape index (κ1) is 16.8. The maximum Gasteiger partial charge on any atom is 0.268 e. The molecule has 0 aliphatic heterocycles. The van der Waals surface area contributed by atoms with Crippen LogP contribution in [0.4, 0.5) is 0 Å². The predicted molar refractivity (Wildman–Crippen MR) is 92.0 cm³/mol. The van der Waals surface area contributed by atoms with Gasteiger partial charge >= 0.3 is 0 Å². The number of Topliss-reactive ketones (excluding diaryl/α,β-unsaturated/α-hetero) is 1. The number of carbonyl (C=O) groups excluding carboxylic acids is 1. The van der Waals surface area contributed by atoms with E-state index in [1.807, 2.05) is 0 Å². The van der Waals surface area contributed by atoms with Gasteiger partial charge in [-0.3, -0.25) is 9.35 Å². The Morgan fingerprint density at radius 1 is 1.08 bits per heavy atom. The van der Waals surface area contributed by atoms with Gasteiger partial charge in [-0.15, -0.1) is 0 Å². The smallest absolute Gasteiger partial charge is 0.268 e. The molecule has 0 bridgehead atoms. The minimum absolute atomic E-state index is 0.0527. The fourth-order valence-corrected chi connectivity index (χ4v) is 7.46. The molecule has 0 aromatic heterocycles. The highest BCUT2D eigenvalue weighted by atomic mass is 32.2. The quantitative estimate of drug-likeness (QED) is 0.576. The molecule has 1 N–H and O–H groups in total. The minimum atomic E-state index is -3.95. The van der Waals surface area contributed by atoms with Crippen molar-refractivity contribution in [3.05, 3.63) is 11.6 Å². The van der Waals surface area contributed by atoms with Crippen molar-refractivity contribution in [3.8, 4) is 0 Å². The Hall–Kier alpha value is -0.680. The topological polar surface area (TPSA) is 71.4 Å². The first-order chi connectivity index (χ1) is 11.2. The Morgan fingerprint density at radius 3 is 2.46 bits per heavy atom. The van der Waals surface area contributed by atoms with Crippen LogP contribution in [0.3, 0.4) is 0 Å². The highest BCUT2D eigenvalue weighted by molar-refractivity contribution is 7.86. The zero-order valence-corrected chi connectivity index (χ0v) is 15.4. The number of rotatable bonds is 1. The Balaban J connectivity index is 1.66. The van der Waals surface area contributed by atoms with Gasteiger partial charge in [-0.05, 0) is 68.1 Å². The number of allylic oxidation sites excluding steroid dienone is 2. The Kier molecular flexibility index (Phi) is 3.61. The van der Waals surface area contributed by atoms with Gasteiger partial charge in [0.2, 0.25) is 0 Å². The van der Waals surface area contributed by atoms with Gasteiger partial charge in [0.15, 0.2) is 0 Å². The van der Waals surface area contributed by atoms with Crippen molar-refractivity contribution >= 4 is 15.9 Å². The third-order valence-corrected chi connectivity index (χ3v) is 9.43. The third-order valence-electron chi connectivity index (χ3n) is 8.19. The molecule has 0 amide bonds. The molecule has 0 aromatic carbocycles. The molecule has 4 aliphatic rings. The highest BCUT2D eigenvalue weighted by Crippen LogP contribution is 2.64. The van der Waals surface area contributed by atoms with E-state index in [9.17, 15) is 17.8 Å². The molecular formula is C19H28O4S. The average molecular weight is 352 g/mol. The van der Waals surface area contributed by atoms with E-state index in [0.717, 1.165) is 38.5 Å². The largest absolute Gasteiger partial charge is 0.299 e. The molecule has 3 saturated carbocycles. The van der Waals surface area contributed by atoms with Crippen LogP contribution in [-0.4, -0.2) is 24.0 Å². The van der Waals surface area contributed by atoms with Crippen LogP contribution >= 0.6 is 0 Å². The van der Waals surface area contributed by atoms with Gasteiger partial charge in [0.05, 0.1) is 5.25 Å². The van der Waals surface area contributed by atoms with E-state index in [4.69, 9.17) is 0 Å². The molecule has 0 radical (unpaired) electrons. The summed E-state index contributed by atoms with van der Waals surface area (Å²) in [7, 11) is -3.95.